The number of hydrogen-bond acceptors (Lipinski definition) is 5. The second-order valence-corrected chi connectivity index (χ2v) is 4.40. The van der Waals surface area contributed by atoms with E-state index in [-0.39, 0.29) is 0 Å². The lowest BCUT2D eigenvalue weighted by molar-refractivity contribution is -0.384. The molecule has 1 amide bonds. The van der Waals surface area contributed by atoms with E-state index in [0.29, 0.717) is 13.1 Å². The molecule has 1 aromatic carbocycles. The van der Waals surface area contributed by atoms with Gasteiger partial charge in [0.15, 0.2) is 0 Å². The molecule has 0 heterocycles. The van der Waals surface area contributed by atoms with Crippen molar-refractivity contribution in [1.82, 2.24) is 10.2 Å². The topological polar surface area (TPSA) is 102 Å². The number of nitrogens with two attached hydrogens (primary N) is 1. The Morgan fingerprint density at radius 1 is 1.43 bits per heavy atom. The first-order chi connectivity index (χ1) is 9.92. The van der Waals surface area contributed by atoms with Crippen LogP contribution < -0.4 is 11.1 Å². The molecule has 21 heavy (non-hydrogen) atoms. The second kappa shape index (κ2) is 7.53. The molecular formula is C13H19FN4O3. The lowest BCUT2D eigenvalue weighted by atomic mass is 10.1. The Kier molecular flexibility index (Phi) is 6.04. The standard InChI is InChI=1S/C13H19FN4O3/c1-3-17(4-2)8-7-16-13(19)11-9(14)5-6-10(12(11)15)18(20)21/h5-6H,3-4,7-8,15H2,1-2H3,(H,16,19). The molecule has 0 bridgehead atoms. The van der Waals surface area contributed by atoms with Crippen LogP contribution in [0.2, 0.25) is 0 Å². The number of likely N-dealkylation sites (N-methyl/N-ethyl adjacent to an activating group) is 1. The van der Waals surface area contributed by atoms with Gasteiger partial charge < -0.3 is 16.0 Å². The van der Waals surface area contributed by atoms with Crippen LogP contribution >= 0.6 is 0 Å². The maximum atomic E-state index is 13.7. The quantitative estimate of drug-likeness (QED) is 0.450. The number of nitrogens with zero attached hydrogens (tertiary/aromatic N) is 2. The fourth-order valence-electron chi connectivity index (χ4n) is 1.93. The van der Waals surface area contributed by atoms with Gasteiger partial charge in [0.05, 0.1) is 4.92 Å². The molecule has 0 spiro atoms. The highest BCUT2D eigenvalue weighted by Gasteiger charge is 2.23. The molecule has 0 aromatic heterocycles. The van der Waals surface area contributed by atoms with Crippen LogP contribution in [-0.4, -0.2) is 41.9 Å². The van der Waals surface area contributed by atoms with Crippen molar-refractivity contribution >= 4 is 17.3 Å². The maximum absolute atomic E-state index is 13.7. The number of benzene rings is 1. The molecule has 0 saturated heterocycles. The smallest absolute Gasteiger partial charge is 0.293 e. The number of carbonyl (C=O) groups excluding carboxylic acids is 1. The minimum atomic E-state index is -0.876. The van der Waals surface area contributed by atoms with Crippen molar-refractivity contribution in [2.24, 2.45) is 0 Å². The summed E-state index contributed by atoms with van der Waals surface area (Å²) >= 11 is 0. The van der Waals surface area contributed by atoms with Gasteiger partial charge in [0.2, 0.25) is 0 Å². The van der Waals surface area contributed by atoms with Gasteiger partial charge >= 0.3 is 0 Å². The third-order valence-electron chi connectivity index (χ3n) is 3.20. The fraction of sp³-hybridized carbons (Fsp3) is 0.462. The molecule has 116 valence electrons. The fourth-order valence-corrected chi connectivity index (χ4v) is 1.93. The molecule has 0 atom stereocenters. The number of halogens is 1. The first-order valence-electron chi connectivity index (χ1n) is 6.65. The molecule has 0 aliphatic rings. The van der Waals surface area contributed by atoms with Crippen molar-refractivity contribution < 1.29 is 14.1 Å². The van der Waals surface area contributed by atoms with E-state index in [2.05, 4.69) is 10.2 Å². The van der Waals surface area contributed by atoms with E-state index in [9.17, 15) is 19.3 Å². The molecule has 3 N–H and O–H groups in total. The number of rotatable bonds is 7. The summed E-state index contributed by atoms with van der Waals surface area (Å²) in [7, 11) is 0. The zero-order valence-corrected chi connectivity index (χ0v) is 12.1. The summed E-state index contributed by atoms with van der Waals surface area (Å²) in [4.78, 5) is 24.0. The number of amides is 1. The maximum Gasteiger partial charge on any atom is 0.293 e. The molecule has 8 heteroatoms. The molecule has 0 radical (unpaired) electrons. The predicted molar refractivity (Wildman–Crippen MR) is 77.6 cm³/mol. The Morgan fingerprint density at radius 2 is 2.05 bits per heavy atom. The second-order valence-electron chi connectivity index (χ2n) is 4.40. The van der Waals surface area contributed by atoms with E-state index >= 15 is 0 Å². The summed E-state index contributed by atoms with van der Waals surface area (Å²) in [5.41, 5.74) is 4.10. The number of anilines is 1. The number of nitro groups is 1. The monoisotopic (exact) mass is 298 g/mol. The van der Waals surface area contributed by atoms with Crippen LogP contribution in [-0.2, 0) is 0 Å². The summed E-state index contributed by atoms with van der Waals surface area (Å²) in [6, 6.07) is 1.81. The van der Waals surface area contributed by atoms with Crippen molar-refractivity contribution in [2.75, 3.05) is 31.9 Å². The Balaban J connectivity index is 2.83. The zero-order chi connectivity index (χ0) is 16.0. The summed E-state index contributed by atoms with van der Waals surface area (Å²) < 4.78 is 13.7. The average molecular weight is 298 g/mol. The van der Waals surface area contributed by atoms with Gasteiger partial charge in [0, 0.05) is 19.2 Å². The zero-order valence-electron chi connectivity index (χ0n) is 12.1. The highest BCUT2D eigenvalue weighted by molar-refractivity contribution is 6.01. The SMILES string of the molecule is CCN(CC)CCNC(=O)c1c(F)ccc([N+](=O)[O-])c1N. The summed E-state index contributed by atoms with van der Waals surface area (Å²) in [5.74, 6) is -1.63. The first kappa shape index (κ1) is 16.8. The van der Waals surface area contributed by atoms with Gasteiger partial charge in [-0.3, -0.25) is 14.9 Å². The first-order valence-corrected chi connectivity index (χ1v) is 6.65. The molecule has 7 nitrogen and oxygen atoms in total. The predicted octanol–water partition coefficient (Wildman–Crippen LogP) is 1.39. The third kappa shape index (κ3) is 4.12. The summed E-state index contributed by atoms with van der Waals surface area (Å²) in [6.07, 6.45) is 0. The van der Waals surface area contributed by atoms with Crippen LogP contribution in [0.15, 0.2) is 12.1 Å². The number of hydrogen-bond donors (Lipinski definition) is 2. The van der Waals surface area contributed by atoms with Gasteiger partial charge in [-0.05, 0) is 19.2 Å². The molecular weight excluding hydrogens is 279 g/mol. The average Bonchev–Trinajstić information content (AvgIpc) is 2.43. The normalized spacial score (nSPS) is 10.7. The third-order valence-corrected chi connectivity index (χ3v) is 3.20. The van der Waals surface area contributed by atoms with Crippen LogP contribution in [0.1, 0.15) is 24.2 Å². The van der Waals surface area contributed by atoms with Crippen molar-refractivity contribution in [3.63, 3.8) is 0 Å². The van der Waals surface area contributed by atoms with E-state index in [4.69, 9.17) is 5.73 Å². The van der Waals surface area contributed by atoms with Crippen molar-refractivity contribution in [3.8, 4) is 0 Å². The molecule has 1 aromatic rings. The number of nitrogen functional groups attached to an aromatic ring is 1. The Hall–Kier alpha value is -2.22. The summed E-state index contributed by atoms with van der Waals surface area (Å²) in [5, 5.41) is 13.3. The van der Waals surface area contributed by atoms with Crippen LogP contribution in [0.4, 0.5) is 15.8 Å². The van der Waals surface area contributed by atoms with Crippen LogP contribution in [0.25, 0.3) is 0 Å². The van der Waals surface area contributed by atoms with Gasteiger partial charge in [0.25, 0.3) is 11.6 Å². The minimum Gasteiger partial charge on any atom is -0.392 e. The van der Waals surface area contributed by atoms with E-state index < -0.39 is 33.6 Å². The Morgan fingerprint density at radius 3 is 2.57 bits per heavy atom. The van der Waals surface area contributed by atoms with Gasteiger partial charge in [-0.1, -0.05) is 13.8 Å². The van der Waals surface area contributed by atoms with Gasteiger partial charge in [-0.15, -0.1) is 0 Å². The van der Waals surface area contributed by atoms with Crippen LogP contribution in [0, 0.1) is 15.9 Å². The van der Waals surface area contributed by atoms with Crippen molar-refractivity contribution in [1.29, 1.82) is 0 Å². The molecule has 0 aliphatic carbocycles. The highest BCUT2D eigenvalue weighted by atomic mass is 19.1. The largest absolute Gasteiger partial charge is 0.392 e. The molecule has 0 unspecified atom stereocenters. The van der Waals surface area contributed by atoms with Crippen LogP contribution in [0.5, 0.6) is 0 Å². The highest BCUT2D eigenvalue weighted by Crippen LogP contribution is 2.27. The van der Waals surface area contributed by atoms with Crippen LogP contribution in [0.3, 0.4) is 0 Å². The van der Waals surface area contributed by atoms with E-state index in [0.717, 1.165) is 25.2 Å². The lowest BCUT2D eigenvalue weighted by Crippen LogP contribution is -2.35. The molecule has 0 aliphatic heterocycles. The van der Waals surface area contributed by atoms with Gasteiger partial charge in [0.1, 0.15) is 17.1 Å². The molecule has 0 saturated carbocycles. The van der Waals surface area contributed by atoms with E-state index in [1.807, 2.05) is 13.8 Å². The van der Waals surface area contributed by atoms with Crippen molar-refractivity contribution in [3.05, 3.63) is 33.6 Å². The Bertz CT molecular complexity index is 532. The van der Waals surface area contributed by atoms with Crippen molar-refractivity contribution in [2.45, 2.75) is 13.8 Å². The minimum absolute atomic E-state index is 0.308. The van der Waals surface area contributed by atoms with Gasteiger partial charge in [-0.2, -0.15) is 0 Å². The summed E-state index contributed by atoms with van der Waals surface area (Å²) in [6.45, 7) is 6.56. The molecule has 0 fully saturated rings. The molecule has 1 rings (SSSR count). The Labute approximate surface area is 122 Å². The number of carbonyl (C=O) groups is 1. The number of nitrogens with one attached hydrogen (secondary N) is 1. The lowest BCUT2D eigenvalue weighted by Gasteiger charge is -2.18. The van der Waals surface area contributed by atoms with E-state index in [1.54, 1.807) is 0 Å². The van der Waals surface area contributed by atoms with E-state index in [1.165, 1.54) is 0 Å². The van der Waals surface area contributed by atoms with Gasteiger partial charge in [-0.25, -0.2) is 4.39 Å². The number of nitro benzene ring substituents is 1.